The van der Waals surface area contributed by atoms with Crippen molar-refractivity contribution >= 4 is 22.6 Å². The summed E-state index contributed by atoms with van der Waals surface area (Å²) in [5.41, 5.74) is 3.74. The first kappa shape index (κ1) is 7.98. The molecule has 0 spiro atoms. The summed E-state index contributed by atoms with van der Waals surface area (Å²) in [6.07, 6.45) is 1.92. The van der Waals surface area contributed by atoms with Crippen LogP contribution in [0.5, 0.6) is 0 Å². The Kier molecular flexibility index (Phi) is 2.65. The van der Waals surface area contributed by atoms with Gasteiger partial charge in [0.1, 0.15) is 0 Å². The summed E-state index contributed by atoms with van der Waals surface area (Å²) >= 11 is 2.33. The first-order valence-electron chi connectivity index (χ1n) is 3.22. The van der Waals surface area contributed by atoms with Crippen LogP contribution in [0.1, 0.15) is 16.8 Å². The minimum absolute atomic E-state index is 1.00. The van der Waals surface area contributed by atoms with E-state index in [0.29, 0.717) is 0 Å². The third kappa shape index (κ3) is 1.68. The lowest BCUT2D eigenvalue weighted by molar-refractivity contribution is 1.12. The minimum Gasteiger partial charge on any atom is -0.260 e. The minimum atomic E-state index is 1.00. The van der Waals surface area contributed by atoms with E-state index in [1.165, 1.54) is 16.8 Å². The van der Waals surface area contributed by atoms with Gasteiger partial charge in [0.25, 0.3) is 0 Å². The standard InChI is InChI=1S/C8H10IN/c1-6-3-7(2)8(4-9)10-5-6/h3,5H,4H2,1-2H3. The van der Waals surface area contributed by atoms with Crippen LogP contribution in [-0.4, -0.2) is 4.98 Å². The molecule has 0 aliphatic heterocycles. The van der Waals surface area contributed by atoms with Gasteiger partial charge < -0.3 is 0 Å². The van der Waals surface area contributed by atoms with E-state index >= 15 is 0 Å². The Balaban J connectivity index is 3.07. The topological polar surface area (TPSA) is 12.9 Å². The van der Waals surface area contributed by atoms with Crippen molar-refractivity contribution in [3.8, 4) is 0 Å². The second kappa shape index (κ2) is 3.32. The number of rotatable bonds is 1. The first-order valence-corrected chi connectivity index (χ1v) is 4.74. The SMILES string of the molecule is Cc1cnc(CI)c(C)c1. The van der Waals surface area contributed by atoms with Gasteiger partial charge in [-0.1, -0.05) is 28.7 Å². The van der Waals surface area contributed by atoms with Crippen LogP contribution in [0, 0.1) is 13.8 Å². The third-order valence-electron chi connectivity index (χ3n) is 1.45. The molecule has 2 heteroatoms. The quantitative estimate of drug-likeness (QED) is 0.549. The second-order valence-electron chi connectivity index (χ2n) is 2.41. The molecule has 1 nitrogen and oxygen atoms in total. The van der Waals surface area contributed by atoms with Crippen LogP contribution in [0.25, 0.3) is 0 Å². The summed E-state index contributed by atoms with van der Waals surface area (Å²) in [7, 11) is 0. The van der Waals surface area contributed by atoms with Crippen LogP contribution in [0.3, 0.4) is 0 Å². The van der Waals surface area contributed by atoms with Gasteiger partial charge in [0.05, 0.1) is 5.69 Å². The monoisotopic (exact) mass is 247 g/mol. The van der Waals surface area contributed by atoms with Crippen molar-refractivity contribution in [2.75, 3.05) is 0 Å². The van der Waals surface area contributed by atoms with E-state index in [0.717, 1.165) is 4.43 Å². The van der Waals surface area contributed by atoms with Crippen LogP contribution >= 0.6 is 22.6 Å². The zero-order valence-electron chi connectivity index (χ0n) is 6.19. The molecule has 1 rings (SSSR count). The number of pyridine rings is 1. The number of hydrogen-bond acceptors (Lipinski definition) is 1. The predicted molar refractivity (Wildman–Crippen MR) is 51.4 cm³/mol. The van der Waals surface area contributed by atoms with Crippen molar-refractivity contribution < 1.29 is 0 Å². The van der Waals surface area contributed by atoms with Gasteiger partial charge in [0.2, 0.25) is 0 Å². The van der Waals surface area contributed by atoms with Crippen molar-refractivity contribution in [3.05, 3.63) is 29.1 Å². The van der Waals surface area contributed by atoms with E-state index in [-0.39, 0.29) is 0 Å². The van der Waals surface area contributed by atoms with Gasteiger partial charge in [-0.3, -0.25) is 4.98 Å². The highest BCUT2D eigenvalue weighted by atomic mass is 127. The molecule has 1 heterocycles. The van der Waals surface area contributed by atoms with Crippen LogP contribution < -0.4 is 0 Å². The maximum atomic E-state index is 4.29. The lowest BCUT2D eigenvalue weighted by atomic mass is 10.2. The molecule has 0 N–H and O–H groups in total. The fourth-order valence-corrected chi connectivity index (χ4v) is 1.68. The van der Waals surface area contributed by atoms with Gasteiger partial charge in [0, 0.05) is 10.6 Å². The van der Waals surface area contributed by atoms with Crippen molar-refractivity contribution in [1.82, 2.24) is 4.98 Å². The molecule has 0 aromatic carbocycles. The molecule has 0 radical (unpaired) electrons. The number of nitrogens with zero attached hydrogens (tertiary/aromatic N) is 1. The molecule has 10 heavy (non-hydrogen) atoms. The Bertz CT molecular complexity index is 233. The molecule has 0 atom stereocenters. The van der Waals surface area contributed by atoms with E-state index in [4.69, 9.17) is 0 Å². The van der Waals surface area contributed by atoms with E-state index in [1.54, 1.807) is 0 Å². The van der Waals surface area contributed by atoms with E-state index in [9.17, 15) is 0 Å². The fourth-order valence-electron chi connectivity index (χ4n) is 0.884. The van der Waals surface area contributed by atoms with Crippen LogP contribution in [0.4, 0.5) is 0 Å². The van der Waals surface area contributed by atoms with E-state index in [2.05, 4.69) is 47.5 Å². The lowest BCUT2D eigenvalue weighted by Crippen LogP contribution is -1.89. The largest absolute Gasteiger partial charge is 0.260 e. The molecular formula is C8H10IN. The zero-order chi connectivity index (χ0) is 7.56. The molecule has 0 fully saturated rings. The lowest BCUT2D eigenvalue weighted by Gasteiger charge is -2.00. The van der Waals surface area contributed by atoms with Crippen molar-refractivity contribution in [2.45, 2.75) is 18.3 Å². The van der Waals surface area contributed by atoms with Crippen molar-refractivity contribution in [1.29, 1.82) is 0 Å². The summed E-state index contributed by atoms with van der Waals surface area (Å²) < 4.78 is 1.00. The first-order chi connectivity index (χ1) is 4.74. The van der Waals surface area contributed by atoms with Gasteiger partial charge in [-0.05, 0) is 25.0 Å². The summed E-state index contributed by atoms with van der Waals surface area (Å²) in [4.78, 5) is 4.29. The molecule has 54 valence electrons. The smallest absolute Gasteiger partial charge is 0.0530 e. The molecule has 0 saturated carbocycles. The Morgan fingerprint density at radius 2 is 2.20 bits per heavy atom. The molecule has 0 amide bonds. The fraction of sp³-hybridized carbons (Fsp3) is 0.375. The van der Waals surface area contributed by atoms with Gasteiger partial charge in [0.15, 0.2) is 0 Å². The maximum absolute atomic E-state index is 4.29. The van der Waals surface area contributed by atoms with Gasteiger partial charge in [-0.2, -0.15) is 0 Å². The number of aryl methyl sites for hydroxylation is 2. The average Bonchev–Trinajstić information content (AvgIpc) is 1.88. The molecule has 0 bridgehead atoms. The third-order valence-corrected chi connectivity index (χ3v) is 2.17. The highest BCUT2D eigenvalue weighted by molar-refractivity contribution is 14.1. The summed E-state index contributed by atoms with van der Waals surface area (Å²) in [5.74, 6) is 0. The Morgan fingerprint density at radius 1 is 1.50 bits per heavy atom. The predicted octanol–water partition coefficient (Wildman–Crippen LogP) is 2.63. The van der Waals surface area contributed by atoms with E-state index in [1.807, 2.05) is 6.20 Å². The molecule has 0 saturated heterocycles. The number of halogens is 1. The van der Waals surface area contributed by atoms with Crippen molar-refractivity contribution in [2.24, 2.45) is 0 Å². The molecule has 1 aromatic rings. The number of alkyl halides is 1. The highest BCUT2D eigenvalue weighted by Gasteiger charge is 1.95. The van der Waals surface area contributed by atoms with Crippen LogP contribution in [0.2, 0.25) is 0 Å². The molecule has 1 aromatic heterocycles. The second-order valence-corrected chi connectivity index (χ2v) is 3.17. The van der Waals surface area contributed by atoms with Gasteiger partial charge >= 0.3 is 0 Å². The van der Waals surface area contributed by atoms with E-state index < -0.39 is 0 Å². The highest BCUT2D eigenvalue weighted by Crippen LogP contribution is 2.09. The Morgan fingerprint density at radius 3 is 2.70 bits per heavy atom. The van der Waals surface area contributed by atoms with Gasteiger partial charge in [-0.25, -0.2) is 0 Å². The molecular weight excluding hydrogens is 237 g/mol. The Labute approximate surface area is 75.0 Å². The van der Waals surface area contributed by atoms with Crippen molar-refractivity contribution in [3.63, 3.8) is 0 Å². The van der Waals surface area contributed by atoms with Crippen LogP contribution in [-0.2, 0) is 4.43 Å². The summed E-state index contributed by atoms with van der Waals surface area (Å²) in [6.45, 7) is 4.17. The number of hydrogen-bond donors (Lipinski definition) is 0. The maximum Gasteiger partial charge on any atom is 0.0530 e. The summed E-state index contributed by atoms with van der Waals surface area (Å²) in [6, 6.07) is 2.17. The van der Waals surface area contributed by atoms with Crippen LogP contribution in [0.15, 0.2) is 12.3 Å². The Hall–Kier alpha value is -0.120. The van der Waals surface area contributed by atoms with Gasteiger partial charge in [-0.15, -0.1) is 0 Å². The zero-order valence-corrected chi connectivity index (χ0v) is 8.34. The molecule has 0 aliphatic rings. The number of aromatic nitrogens is 1. The normalized spacial score (nSPS) is 9.90. The summed E-state index contributed by atoms with van der Waals surface area (Å²) in [5, 5.41) is 0. The molecule has 0 aliphatic carbocycles. The average molecular weight is 247 g/mol. The molecule has 0 unspecified atom stereocenters.